The van der Waals surface area contributed by atoms with E-state index in [1.807, 2.05) is 39.0 Å². The van der Waals surface area contributed by atoms with Gasteiger partial charge in [0.15, 0.2) is 5.82 Å². The van der Waals surface area contributed by atoms with Crippen molar-refractivity contribution in [3.05, 3.63) is 54.0 Å². The molecule has 8 nitrogen and oxygen atoms in total. The highest BCUT2D eigenvalue weighted by molar-refractivity contribution is 6.12. The van der Waals surface area contributed by atoms with Crippen molar-refractivity contribution in [1.29, 1.82) is 0 Å². The number of anilines is 2. The number of imidazole rings is 1. The van der Waals surface area contributed by atoms with Gasteiger partial charge in [0.05, 0.1) is 11.1 Å². The molecule has 0 radical (unpaired) electrons. The molecule has 0 aliphatic carbocycles. The Hall–Kier alpha value is -3.55. The predicted octanol–water partition coefficient (Wildman–Crippen LogP) is 2.84. The van der Waals surface area contributed by atoms with Crippen LogP contribution in [0.1, 0.15) is 35.9 Å². The zero-order valence-electron chi connectivity index (χ0n) is 18.0. The number of carbonyl (C=O) groups excluding carboxylic acids is 2. The molecule has 1 aliphatic heterocycles. The second-order valence-electron chi connectivity index (χ2n) is 8.25. The highest BCUT2D eigenvalue weighted by Gasteiger charge is 2.45. The summed E-state index contributed by atoms with van der Waals surface area (Å²) in [6.45, 7) is 5.64. The standard InChI is InChI=1S/C22H24N6O2/c1-13-23-10-15(11-24-13)14-7-8-16-17(9-14)28(21(30)22(16,2)3)18-12-27(6)19(25-18)20(29)26(4)5/h7-12H,1-6H3. The fraction of sp³-hybridized carbons (Fsp3) is 0.318. The van der Waals surface area contributed by atoms with E-state index in [1.165, 1.54) is 4.90 Å². The Bertz CT molecular complexity index is 1160. The molecule has 2 amide bonds. The van der Waals surface area contributed by atoms with Crippen LogP contribution in [0.3, 0.4) is 0 Å². The second kappa shape index (κ2) is 6.76. The Balaban J connectivity index is 1.85. The van der Waals surface area contributed by atoms with Gasteiger partial charge in [-0.2, -0.15) is 0 Å². The van der Waals surface area contributed by atoms with Gasteiger partial charge in [-0.15, -0.1) is 0 Å². The summed E-state index contributed by atoms with van der Waals surface area (Å²) in [5, 5.41) is 0. The van der Waals surface area contributed by atoms with Crippen LogP contribution in [0.2, 0.25) is 0 Å². The van der Waals surface area contributed by atoms with Crippen molar-refractivity contribution in [3.63, 3.8) is 0 Å². The predicted molar refractivity (Wildman–Crippen MR) is 114 cm³/mol. The van der Waals surface area contributed by atoms with Crippen LogP contribution in [0.15, 0.2) is 36.8 Å². The lowest BCUT2D eigenvalue weighted by molar-refractivity contribution is -0.121. The van der Waals surface area contributed by atoms with Crippen molar-refractivity contribution in [1.82, 2.24) is 24.4 Å². The van der Waals surface area contributed by atoms with Gasteiger partial charge in [0, 0.05) is 45.3 Å². The molecule has 1 aliphatic rings. The number of nitrogens with zero attached hydrogens (tertiary/aromatic N) is 6. The van der Waals surface area contributed by atoms with Crippen LogP contribution < -0.4 is 4.90 Å². The van der Waals surface area contributed by atoms with Crippen LogP contribution in [0.4, 0.5) is 11.5 Å². The molecule has 2 aromatic heterocycles. The summed E-state index contributed by atoms with van der Waals surface area (Å²) in [6, 6.07) is 5.90. The minimum absolute atomic E-state index is 0.0863. The highest BCUT2D eigenvalue weighted by atomic mass is 16.2. The lowest BCUT2D eigenvalue weighted by atomic mass is 9.85. The summed E-state index contributed by atoms with van der Waals surface area (Å²) in [5.74, 6) is 1.09. The van der Waals surface area contributed by atoms with Gasteiger partial charge < -0.3 is 9.47 Å². The molecular weight excluding hydrogens is 380 g/mol. The third-order valence-electron chi connectivity index (χ3n) is 5.45. The van der Waals surface area contributed by atoms with E-state index in [1.54, 1.807) is 49.2 Å². The van der Waals surface area contributed by atoms with Gasteiger partial charge in [0.1, 0.15) is 5.82 Å². The van der Waals surface area contributed by atoms with Gasteiger partial charge in [0.2, 0.25) is 11.7 Å². The molecule has 1 aromatic carbocycles. The van der Waals surface area contributed by atoms with E-state index in [9.17, 15) is 9.59 Å². The fourth-order valence-corrected chi connectivity index (χ4v) is 3.65. The molecule has 0 saturated carbocycles. The Morgan fingerprint density at radius 1 is 1.10 bits per heavy atom. The van der Waals surface area contributed by atoms with Gasteiger partial charge in [-0.3, -0.25) is 14.5 Å². The number of benzene rings is 1. The van der Waals surface area contributed by atoms with Crippen LogP contribution >= 0.6 is 0 Å². The molecule has 3 heterocycles. The minimum atomic E-state index is -0.707. The summed E-state index contributed by atoms with van der Waals surface area (Å²) in [5.41, 5.74) is 2.73. The topological polar surface area (TPSA) is 84.2 Å². The molecule has 8 heteroatoms. The molecule has 0 bridgehead atoms. The first kappa shape index (κ1) is 19.8. The quantitative estimate of drug-likeness (QED) is 0.670. The Morgan fingerprint density at radius 3 is 2.40 bits per heavy atom. The van der Waals surface area contributed by atoms with E-state index in [0.717, 1.165) is 22.4 Å². The van der Waals surface area contributed by atoms with Gasteiger partial charge in [0.25, 0.3) is 5.91 Å². The smallest absolute Gasteiger partial charge is 0.289 e. The number of rotatable bonds is 3. The van der Waals surface area contributed by atoms with Crippen LogP contribution in [-0.2, 0) is 17.3 Å². The molecule has 0 N–H and O–H groups in total. The number of fused-ring (bicyclic) bond motifs is 1. The molecule has 4 rings (SSSR count). The first-order valence-corrected chi connectivity index (χ1v) is 9.64. The normalized spacial score (nSPS) is 14.7. The zero-order valence-corrected chi connectivity index (χ0v) is 18.0. The fourth-order valence-electron chi connectivity index (χ4n) is 3.65. The van der Waals surface area contributed by atoms with Crippen LogP contribution in [0.5, 0.6) is 0 Å². The number of hydrogen-bond donors (Lipinski definition) is 0. The van der Waals surface area contributed by atoms with Crippen molar-refractivity contribution >= 4 is 23.3 Å². The van der Waals surface area contributed by atoms with E-state index in [-0.39, 0.29) is 17.6 Å². The number of hydrogen-bond acceptors (Lipinski definition) is 5. The van der Waals surface area contributed by atoms with E-state index < -0.39 is 5.41 Å². The van der Waals surface area contributed by atoms with Crippen molar-refractivity contribution < 1.29 is 9.59 Å². The maximum absolute atomic E-state index is 13.4. The molecule has 0 unspecified atom stereocenters. The number of amides is 2. The first-order chi connectivity index (χ1) is 14.1. The summed E-state index contributed by atoms with van der Waals surface area (Å²) in [6.07, 6.45) is 5.25. The molecule has 0 atom stereocenters. The largest absolute Gasteiger partial charge is 0.342 e. The number of aromatic nitrogens is 4. The van der Waals surface area contributed by atoms with Crippen molar-refractivity contribution in [3.8, 4) is 11.1 Å². The van der Waals surface area contributed by atoms with Gasteiger partial charge in [-0.05, 0) is 38.0 Å². The van der Waals surface area contributed by atoms with E-state index in [2.05, 4.69) is 15.0 Å². The maximum Gasteiger partial charge on any atom is 0.289 e. The van der Waals surface area contributed by atoms with Gasteiger partial charge >= 0.3 is 0 Å². The van der Waals surface area contributed by atoms with Crippen molar-refractivity contribution in [2.24, 2.45) is 7.05 Å². The van der Waals surface area contributed by atoms with Crippen LogP contribution in [0, 0.1) is 6.92 Å². The minimum Gasteiger partial charge on any atom is -0.342 e. The van der Waals surface area contributed by atoms with E-state index in [4.69, 9.17) is 0 Å². The summed E-state index contributed by atoms with van der Waals surface area (Å²) in [4.78, 5) is 41.9. The lowest BCUT2D eigenvalue weighted by Gasteiger charge is -2.18. The van der Waals surface area contributed by atoms with Crippen molar-refractivity contribution in [2.75, 3.05) is 19.0 Å². The molecule has 0 spiro atoms. The average molecular weight is 404 g/mol. The van der Waals surface area contributed by atoms with Crippen LogP contribution in [0.25, 0.3) is 11.1 Å². The Morgan fingerprint density at radius 2 is 1.77 bits per heavy atom. The SMILES string of the molecule is Cc1ncc(-c2ccc3c(c2)N(c2cn(C)c(C(=O)N(C)C)n2)C(=O)C3(C)C)cn1. The van der Waals surface area contributed by atoms with Gasteiger partial charge in [-0.1, -0.05) is 12.1 Å². The average Bonchev–Trinajstić information content (AvgIpc) is 3.16. The molecule has 154 valence electrons. The van der Waals surface area contributed by atoms with Crippen LogP contribution in [-0.4, -0.2) is 50.3 Å². The summed E-state index contributed by atoms with van der Waals surface area (Å²) < 4.78 is 1.65. The van der Waals surface area contributed by atoms with E-state index in [0.29, 0.717) is 11.6 Å². The number of aryl methyl sites for hydroxylation is 2. The summed E-state index contributed by atoms with van der Waals surface area (Å²) >= 11 is 0. The Labute approximate surface area is 175 Å². The van der Waals surface area contributed by atoms with Gasteiger partial charge in [-0.25, -0.2) is 15.0 Å². The highest BCUT2D eigenvalue weighted by Crippen LogP contribution is 2.46. The second-order valence-corrected chi connectivity index (χ2v) is 8.25. The molecule has 30 heavy (non-hydrogen) atoms. The molecular formula is C22H24N6O2. The zero-order chi connectivity index (χ0) is 21.8. The van der Waals surface area contributed by atoms with Crippen molar-refractivity contribution in [2.45, 2.75) is 26.2 Å². The first-order valence-electron chi connectivity index (χ1n) is 9.64. The third kappa shape index (κ3) is 2.96. The van der Waals surface area contributed by atoms with E-state index >= 15 is 0 Å². The maximum atomic E-state index is 13.4. The monoisotopic (exact) mass is 404 g/mol. The lowest BCUT2D eigenvalue weighted by Crippen LogP contribution is -2.33. The Kier molecular flexibility index (Phi) is 4.45. The molecule has 3 aromatic rings. The third-order valence-corrected chi connectivity index (χ3v) is 5.45. The summed E-state index contributed by atoms with van der Waals surface area (Å²) in [7, 11) is 5.10. The molecule has 0 fully saturated rings. The number of carbonyl (C=O) groups is 2. The molecule has 0 saturated heterocycles.